The van der Waals surface area contributed by atoms with Gasteiger partial charge in [-0.2, -0.15) is 0 Å². The lowest BCUT2D eigenvalue weighted by Gasteiger charge is -2.27. The summed E-state index contributed by atoms with van der Waals surface area (Å²) in [5.74, 6) is 0.253. The largest absolute Gasteiger partial charge is 0.398 e. The summed E-state index contributed by atoms with van der Waals surface area (Å²) in [6.45, 7) is 7.18. The summed E-state index contributed by atoms with van der Waals surface area (Å²) in [7, 11) is 0. The molecule has 1 aliphatic carbocycles. The molecule has 0 aromatic heterocycles. The predicted octanol–water partition coefficient (Wildman–Crippen LogP) is 2.49. The third-order valence-electron chi connectivity index (χ3n) is 4.00. The lowest BCUT2D eigenvalue weighted by Crippen LogP contribution is -2.41. The molecule has 2 rings (SSSR count). The summed E-state index contributed by atoms with van der Waals surface area (Å²) in [6.07, 6.45) is 3.37. The molecule has 4 nitrogen and oxygen atoms in total. The molecule has 4 heteroatoms. The highest BCUT2D eigenvalue weighted by Crippen LogP contribution is 2.26. The number of nitrogens with two attached hydrogens (primary N) is 1. The van der Waals surface area contributed by atoms with Crippen LogP contribution in [0.3, 0.4) is 0 Å². The van der Waals surface area contributed by atoms with Crippen LogP contribution >= 0.6 is 0 Å². The minimum absolute atomic E-state index is 0.253. The van der Waals surface area contributed by atoms with Crippen molar-refractivity contribution in [2.45, 2.75) is 45.7 Å². The van der Waals surface area contributed by atoms with Gasteiger partial charge < -0.3 is 10.6 Å². The molecule has 0 unspecified atom stereocenters. The van der Waals surface area contributed by atoms with Gasteiger partial charge in [0.05, 0.1) is 6.54 Å². The van der Waals surface area contributed by atoms with Crippen LogP contribution in [-0.4, -0.2) is 41.4 Å². The fourth-order valence-electron chi connectivity index (χ4n) is 2.76. The number of nitrogens with zero attached hydrogens (tertiary/aromatic N) is 2. The second-order valence-electron chi connectivity index (χ2n) is 5.82. The Hall–Kier alpha value is -1.55. The van der Waals surface area contributed by atoms with Crippen LogP contribution in [0.25, 0.3) is 0 Å². The lowest BCUT2D eigenvalue weighted by atomic mass is 10.1. The first-order chi connectivity index (χ1) is 10.2. The number of hydrogen-bond acceptors (Lipinski definition) is 3. The maximum atomic E-state index is 12.5. The van der Waals surface area contributed by atoms with E-state index in [2.05, 4.69) is 18.7 Å². The average Bonchev–Trinajstić information content (AvgIpc) is 3.27. The minimum Gasteiger partial charge on any atom is -0.398 e. The van der Waals surface area contributed by atoms with Gasteiger partial charge in [0, 0.05) is 24.8 Å². The second-order valence-corrected chi connectivity index (χ2v) is 5.82. The van der Waals surface area contributed by atoms with Crippen LogP contribution in [-0.2, 0) is 11.3 Å². The van der Waals surface area contributed by atoms with Crippen molar-refractivity contribution >= 4 is 11.6 Å². The van der Waals surface area contributed by atoms with Gasteiger partial charge in [-0.05, 0) is 44.4 Å². The SMILES string of the molecule is CCCN(CC(=O)N(CC)C1CC1)Cc1ccccc1N. The van der Waals surface area contributed by atoms with Crippen molar-refractivity contribution in [3.8, 4) is 0 Å². The zero-order chi connectivity index (χ0) is 15.2. The van der Waals surface area contributed by atoms with E-state index in [1.807, 2.05) is 29.2 Å². The summed E-state index contributed by atoms with van der Waals surface area (Å²) in [4.78, 5) is 16.7. The minimum atomic E-state index is 0.253. The molecule has 0 atom stereocenters. The third kappa shape index (κ3) is 4.46. The van der Waals surface area contributed by atoms with E-state index in [1.165, 1.54) is 12.8 Å². The Bertz CT molecular complexity index is 471. The van der Waals surface area contributed by atoms with Gasteiger partial charge in [0.15, 0.2) is 0 Å². The van der Waals surface area contributed by atoms with Gasteiger partial charge in [0.25, 0.3) is 0 Å². The van der Waals surface area contributed by atoms with Crippen molar-refractivity contribution < 1.29 is 4.79 Å². The van der Waals surface area contributed by atoms with Crippen LogP contribution in [0.15, 0.2) is 24.3 Å². The Balaban J connectivity index is 1.98. The van der Waals surface area contributed by atoms with E-state index in [0.29, 0.717) is 12.6 Å². The van der Waals surface area contributed by atoms with Crippen LogP contribution < -0.4 is 5.73 Å². The molecule has 1 fully saturated rings. The first kappa shape index (κ1) is 15.8. The number of carbonyl (C=O) groups is 1. The Morgan fingerprint density at radius 3 is 2.57 bits per heavy atom. The van der Waals surface area contributed by atoms with Gasteiger partial charge in [0.2, 0.25) is 5.91 Å². The molecule has 1 saturated carbocycles. The molecule has 1 aromatic rings. The molecule has 21 heavy (non-hydrogen) atoms. The van der Waals surface area contributed by atoms with Crippen molar-refractivity contribution in [2.24, 2.45) is 0 Å². The molecule has 116 valence electrons. The molecular weight excluding hydrogens is 262 g/mol. The number of anilines is 1. The Labute approximate surface area is 127 Å². The van der Waals surface area contributed by atoms with Crippen molar-refractivity contribution in [1.29, 1.82) is 0 Å². The zero-order valence-corrected chi connectivity index (χ0v) is 13.2. The Morgan fingerprint density at radius 2 is 2.00 bits per heavy atom. The number of carbonyl (C=O) groups excluding carboxylic acids is 1. The number of hydrogen-bond donors (Lipinski definition) is 1. The van der Waals surface area contributed by atoms with Crippen molar-refractivity contribution in [3.05, 3.63) is 29.8 Å². The molecule has 0 radical (unpaired) electrons. The van der Waals surface area contributed by atoms with Crippen LogP contribution in [0.1, 0.15) is 38.7 Å². The number of benzene rings is 1. The maximum absolute atomic E-state index is 12.5. The molecule has 1 aromatic carbocycles. The molecule has 0 aliphatic heterocycles. The maximum Gasteiger partial charge on any atom is 0.236 e. The first-order valence-electron chi connectivity index (χ1n) is 8.00. The summed E-state index contributed by atoms with van der Waals surface area (Å²) >= 11 is 0. The third-order valence-corrected chi connectivity index (χ3v) is 4.00. The van der Waals surface area contributed by atoms with E-state index in [1.54, 1.807) is 0 Å². The fourth-order valence-corrected chi connectivity index (χ4v) is 2.76. The molecule has 0 bridgehead atoms. The number of nitrogen functional groups attached to an aromatic ring is 1. The molecular formula is C17H27N3O. The van der Waals surface area contributed by atoms with Crippen LogP contribution in [0.2, 0.25) is 0 Å². The molecule has 0 heterocycles. The molecule has 0 spiro atoms. The lowest BCUT2D eigenvalue weighted by molar-refractivity contribution is -0.132. The summed E-state index contributed by atoms with van der Waals surface area (Å²) < 4.78 is 0. The van der Waals surface area contributed by atoms with Gasteiger partial charge >= 0.3 is 0 Å². The summed E-state index contributed by atoms with van der Waals surface area (Å²) in [5, 5.41) is 0. The van der Waals surface area contributed by atoms with Gasteiger partial charge in [-0.15, -0.1) is 0 Å². The van der Waals surface area contributed by atoms with Crippen molar-refractivity contribution in [1.82, 2.24) is 9.80 Å². The topological polar surface area (TPSA) is 49.6 Å². The van der Waals surface area contributed by atoms with E-state index in [-0.39, 0.29) is 5.91 Å². The Morgan fingerprint density at radius 1 is 1.29 bits per heavy atom. The van der Waals surface area contributed by atoms with E-state index < -0.39 is 0 Å². The van der Waals surface area contributed by atoms with Crippen molar-refractivity contribution in [2.75, 3.05) is 25.4 Å². The monoisotopic (exact) mass is 289 g/mol. The van der Waals surface area contributed by atoms with E-state index in [0.717, 1.165) is 37.3 Å². The van der Waals surface area contributed by atoms with E-state index in [9.17, 15) is 4.79 Å². The number of rotatable bonds is 8. The van der Waals surface area contributed by atoms with E-state index >= 15 is 0 Å². The smallest absolute Gasteiger partial charge is 0.236 e. The number of likely N-dealkylation sites (N-methyl/N-ethyl adjacent to an activating group) is 1. The van der Waals surface area contributed by atoms with E-state index in [4.69, 9.17) is 5.73 Å². The van der Waals surface area contributed by atoms with Gasteiger partial charge in [-0.25, -0.2) is 0 Å². The van der Waals surface area contributed by atoms with Gasteiger partial charge in [0.1, 0.15) is 0 Å². The number of para-hydroxylation sites is 1. The predicted molar refractivity (Wildman–Crippen MR) is 86.8 cm³/mol. The highest BCUT2D eigenvalue weighted by Gasteiger charge is 2.31. The van der Waals surface area contributed by atoms with Crippen molar-refractivity contribution in [3.63, 3.8) is 0 Å². The van der Waals surface area contributed by atoms with Crippen LogP contribution in [0.5, 0.6) is 0 Å². The highest BCUT2D eigenvalue weighted by atomic mass is 16.2. The molecule has 0 saturated heterocycles. The normalized spacial score (nSPS) is 14.4. The second kappa shape index (κ2) is 7.46. The van der Waals surface area contributed by atoms with Crippen LogP contribution in [0.4, 0.5) is 5.69 Å². The molecule has 1 amide bonds. The first-order valence-corrected chi connectivity index (χ1v) is 8.00. The van der Waals surface area contributed by atoms with Gasteiger partial charge in [-0.3, -0.25) is 9.69 Å². The fraction of sp³-hybridized carbons (Fsp3) is 0.588. The number of amides is 1. The summed E-state index contributed by atoms with van der Waals surface area (Å²) in [5.41, 5.74) is 7.93. The molecule has 1 aliphatic rings. The Kier molecular flexibility index (Phi) is 5.62. The summed E-state index contributed by atoms with van der Waals surface area (Å²) in [6, 6.07) is 8.40. The highest BCUT2D eigenvalue weighted by molar-refractivity contribution is 5.79. The van der Waals surface area contributed by atoms with Gasteiger partial charge in [-0.1, -0.05) is 25.1 Å². The van der Waals surface area contributed by atoms with Crippen LogP contribution in [0, 0.1) is 0 Å². The zero-order valence-electron chi connectivity index (χ0n) is 13.2. The average molecular weight is 289 g/mol. The molecule has 2 N–H and O–H groups in total. The quantitative estimate of drug-likeness (QED) is 0.748. The standard InChI is InChI=1S/C17H27N3O/c1-3-11-19(12-14-7-5-6-8-16(14)18)13-17(21)20(4-2)15-9-10-15/h5-8,15H,3-4,9-13,18H2,1-2H3.